The summed E-state index contributed by atoms with van der Waals surface area (Å²) in [5, 5.41) is 11.3. The zero-order chi connectivity index (χ0) is 17.9. The van der Waals surface area contributed by atoms with Gasteiger partial charge in [0, 0.05) is 25.1 Å². The average molecular weight is 336 g/mol. The van der Waals surface area contributed by atoms with Gasteiger partial charge in [0.2, 0.25) is 11.8 Å². The van der Waals surface area contributed by atoms with Gasteiger partial charge in [-0.3, -0.25) is 14.4 Å². The lowest BCUT2D eigenvalue weighted by Gasteiger charge is -2.22. The second-order valence-electron chi connectivity index (χ2n) is 6.77. The largest absolute Gasteiger partial charge is 0.481 e. The van der Waals surface area contributed by atoms with Gasteiger partial charge in [-0.2, -0.15) is 0 Å². The number of hydrogen-bond acceptors (Lipinski definition) is 3. The summed E-state index contributed by atoms with van der Waals surface area (Å²) in [4.78, 5) is 36.2. The van der Waals surface area contributed by atoms with E-state index in [2.05, 4.69) is 5.32 Å². The fourth-order valence-electron chi connectivity index (χ4n) is 2.80. The van der Waals surface area contributed by atoms with Crippen LogP contribution in [0.1, 0.15) is 39.5 Å². The number of aliphatic carboxylic acids is 1. The Morgan fingerprint density at radius 2 is 2.04 bits per heavy atom. The molecule has 0 saturated carbocycles. The summed E-state index contributed by atoms with van der Waals surface area (Å²) >= 11 is 0. The molecule has 0 bridgehead atoms. The number of rotatable bonds is 6. The van der Waals surface area contributed by atoms with E-state index in [4.69, 9.17) is 5.11 Å². The van der Waals surface area contributed by atoms with Gasteiger partial charge >= 0.3 is 5.97 Å². The van der Waals surface area contributed by atoms with Crippen LogP contribution in [0.3, 0.4) is 0 Å². The Balaban J connectivity index is 2.10. The first-order valence-electron chi connectivity index (χ1n) is 7.79. The van der Waals surface area contributed by atoms with Crippen molar-refractivity contribution >= 4 is 29.2 Å². The number of carboxylic acids is 1. The van der Waals surface area contributed by atoms with E-state index in [-0.39, 0.29) is 24.4 Å². The predicted octanol–water partition coefficient (Wildman–Crippen LogP) is 2.78. The van der Waals surface area contributed by atoms with Crippen molar-refractivity contribution in [3.05, 3.63) is 24.0 Å². The molecule has 0 aromatic heterocycles. The molecule has 24 heavy (non-hydrogen) atoms. The number of anilines is 2. The molecule has 0 atom stereocenters. The van der Waals surface area contributed by atoms with Crippen LogP contribution in [-0.4, -0.2) is 29.4 Å². The molecule has 0 radical (unpaired) electrons. The molecule has 1 fully saturated rings. The Hall–Kier alpha value is -2.44. The highest BCUT2D eigenvalue weighted by atomic mass is 19.1. The van der Waals surface area contributed by atoms with Crippen molar-refractivity contribution in [1.82, 2.24) is 0 Å². The fraction of sp³-hybridized carbons (Fsp3) is 0.471. The van der Waals surface area contributed by atoms with Gasteiger partial charge in [-0.15, -0.1) is 0 Å². The minimum absolute atomic E-state index is 0.0108. The van der Waals surface area contributed by atoms with Gasteiger partial charge in [0.1, 0.15) is 5.82 Å². The molecule has 2 amide bonds. The van der Waals surface area contributed by atoms with Crippen LogP contribution in [0.2, 0.25) is 0 Å². The third-order valence-electron chi connectivity index (χ3n) is 3.88. The molecular formula is C17H21FN2O4. The van der Waals surface area contributed by atoms with Crippen LogP contribution in [-0.2, 0) is 14.4 Å². The third-order valence-corrected chi connectivity index (χ3v) is 3.88. The van der Waals surface area contributed by atoms with Crippen LogP contribution in [0.25, 0.3) is 0 Å². The van der Waals surface area contributed by atoms with E-state index in [0.717, 1.165) is 6.42 Å². The highest BCUT2D eigenvalue weighted by Crippen LogP contribution is 2.29. The van der Waals surface area contributed by atoms with Gasteiger partial charge in [0.05, 0.1) is 12.1 Å². The summed E-state index contributed by atoms with van der Waals surface area (Å²) in [7, 11) is 0. The minimum atomic E-state index is -0.992. The molecule has 0 unspecified atom stereocenters. The Labute approximate surface area is 139 Å². The van der Waals surface area contributed by atoms with Crippen molar-refractivity contribution in [2.24, 2.45) is 5.41 Å². The molecule has 0 aliphatic carbocycles. The van der Waals surface area contributed by atoms with Gasteiger partial charge in [-0.1, -0.05) is 13.8 Å². The first kappa shape index (κ1) is 17.9. The maximum Gasteiger partial charge on any atom is 0.303 e. The number of carbonyl (C=O) groups excluding carboxylic acids is 2. The number of carboxylic acid groups (broad SMARTS) is 1. The predicted molar refractivity (Wildman–Crippen MR) is 87.3 cm³/mol. The summed E-state index contributed by atoms with van der Waals surface area (Å²) in [6.07, 6.45) is 1.00. The molecule has 130 valence electrons. The van der Waals surface area contributed by atoms with Crippen LogP contribution in [0.4, 0.5) is 15.8 Å². The first-order valence-corrected chi connectivity index (χ1v) is 7.79. The second kappa shape index (κ2) is 6.98. The summed E-state index contributed by atoms with van der Waals surface area (Å²) < 4.78 is 13.9. The second-order valence-corrected chi connectivity index (χ2v) is 6.77. The number of carbonyl (C=O) groups is 3. The fourth-order valence-corrected chi connectivity index (χ4v) is 2.80. The van der Waals surface area contributed by atoms with Crippen LogP contribution in [0.5, 0.6) is 0 Å². The maximum absolute atomic E-state index is 13.9. The van der Waals surface area contributed by atoms with Gasteiger partial charge < -0.3 is 15.3 Å². The molecule has 1 aromatic carbocycles. The molecule has 7 heteroatoms. The quantitative estimate of drug-likeness (QED) is 0.836. The zero-order valence-electron chi connectivity index (χ0n) is 13.8. The standard InChI is InChI=1S/C17H21FN2O4/c1-17(2,10-16(23)24)9-14(21)19-13-8-11(5-6-12(13)18)20-7-3-4-15(20)22/h5-6,8H,3-4,7,9-10H2,1-2H3,(H,19,21)(H,23,24). The highest BCUT2D eigenvalue weighted by Gasteiger charge is 2.26. The van der Waals surface area contributed by atoms with Gasteiger partial charge in [-0.05, 0) is 30.0 Å². The first-order chi connectivity index (χ1) is 11.2. The summed E-state index contributed by atoms with van der Waals surface area (Å²) in [5.74, 6) is -2.09. The molecule has 1 aliphatic heterocycles. The third kappa shape index (κ3) is 4.53. The molecule has 2 rings (SSSR count). The normalized spacial score (nSPS) is 14.8. The Morgan fingerprint density at radius 1 is 1.33 bits per heavy atom. The van der Waals surface area contributed by atoms with E-state index in [0.29, 0.717) is 18.7 Å². The van der Waals surface area contributed by atoms with Crippen molar-refractivity contribution < 1.29 is 23.9 Å². The molecule has 0 spiro atoms. The molecule has 1 heterocycles. The van der Waals surface area contributed by atoms with Gasteiger partial charge in [-0.25, -0.2) is 4.39 Å². The van der Waals surface area contributed by atoms with Gasteiger partial charge in [0.25, 0.3) is 0 Å². The molecule has 1 aromatic rings. The number of benzene rings is 1. The van der Waals surface area contributed by atoms with E-state index < -0.39 is 23.1 Å². The van der Waals surface area contributed by atoms with Crippen molar-refractivity contribution in [1.29, 1.82) is 0 Å². The highest BCUT2D eigenvalue weighted by molar-refractivity contribution is 5.97. The van der Waals surface area contributed by atoms with E-state index in [1.165, 1.54) is 18.2 Å². The molecule has 1 aliphatic rings. The Morgan fingerprint density at radius 3 is 2.62 bits per heavy atom. The lowest BCUT2D eigenvalue weighted by Crippen LogP contribution is -2.26. The summed E-state index contributed by atoms with van der Waals surface area (Å²) in [5.41, 5.74) is -0.211. The van der Waals surface area contributed by atoms with E-state index in [1.807, 2.05) is 0 Å². The SMILES string of the molecule is CC(C)(CC(=O)O)CC(=O)Nc1cc(N2CCCC2=O)ccc1F. The number of nitrogens with one attached hydrogen (secondary N) is 1. The van der Waals surface area contributed by atoms with E-state index in [1.54, 1.807) is 18.7 Å². The van der Waals surface area contributed by atoms with Crippen LogP contribution in [0, 0.1) is 11.2 Å². The minimum Gasteiger partial charge on any atom is -0.481 e. The van der Waals surface area contributed by atoms with Crippen molar-refractivity contribution in [2.75, 3.05) is 16.8 Å². The smallest absolute Gasteiger partial charge is 0.303 e. The molecule has 2 N–H and O–H groups in total. The Bertz CT molecular complexity index is 673. The topological polar surface area (TPSA) is 86.7 Å². The number of halogens is 1. The molecule has 6 nitrogen and oxygen atoms in total. The average Bonchev–Trinajstić information content (AvgIpc) is 2.85. The maximum atomic E-state index is 13.9. The molecule has 1 saturated heterocycles. The number of amides is 2. The van der Waals surface area contributed by atoms with Crippen LogP contribution >= 0.6 is 0 Å². The van der Waals surface area contributed by atoms with Crippen molar-refractivity contribution in [3.8, 4) is 0 Å². The lowest BCUT2D eigenvalue weighted by molar-refractivity contribution is -0.139. The monoisotopic (exact) mass is 336 g/mol. The number of nitrogens with zero attached hydrogens (tertiary/aromatic N) is 1. The lowest BCUT2D eigenvalue weighted by atomic mass is 9.85. The molecular weight excluding hydrogens is 315 g/mol. The van der Waals surface area contributed by atoms with E-state index in [9.17, 15) is 18.8 Å². The van der Waals surface area contributed by atoms with Gasteiger partial charge in [0.15, 0.2) is 0 Å². The summed E-state index contributed by atoms with van der Waals surface area (Å²) in [6, 6.07) is 4.14. The Kier molecular flexibility index (Phi) is 5.21. The van der Waals surface area contributed by atoms with Crippen molar-refractivity contribution in [3.63, 3.8) is 0 Å². The van der Waals surface area contributed by atoms with E-state index >= 15 is 0 Å². The number of hydrogen-bond donors (Lipinski definition) is 2. The summed E-state index contributed by atoms with van der Waals surface area (Å²) in [6.45, 7) is 3.90. The van der Waals surface area contributed by atoms with Crippen LogP contribution < -0.4 is 10.2 Å². The van der Waals surface area contributed by atoms with Crippen LogP contribution in [0.15, 0.2) is 18.2 Å². The zero-order valence-corrected chi connectivity index (χ0v) is 13.8. The van der Waals surface area contributed by atoms with Crippen molar-refractivity contribution in [2.45, 2.75) is 39.5 Å².